The number of rotatable bonds is 7. The molecule has 0 saturated heterocycles. The van der Waals surface area contributed by atoms with Gasteiger partial charge in [0.25, 0.3) is 0 Å². The number of aryl methyl sites for hydroxylation is 1. The summed E-state index contributed by atoms with van der Waals surface area (Å²) in [6, 6.07) is 8.81. The summed E-state index contributed by atoms with van der Waals surface area (Å²) >= 11 is 6.37. The highest BCUT2D eigenvalue weighted by atomic mass is 35.5. The van der Waals surface area contributed by atoms with E-state index in [1.165, 1.54) is 30.4 Å². The zero-order valence-corrected chi connectivity index (χ0v) is 13.6. The van der Waals surface area contributed by atoms with Crippen molar-refractivity contribution in [3.05, 3.63) is 35.4 Å². The van der Waals surface area contributed by atoms with E-state index in [0.29, 0.717) is 11.8 Å². The molecule has 1 unspecified atom stereocenters. The zero-order valence-electron chi connectivity index (χ0n) is 12.8. The molecule has 0 saturated carbocycles. The molecule has 1 aliphatic carbocycles. The van der Waals surface area contributed by atoms with Crippen molar-refractivity contribution in [1.29, 1.82) is 0 Å². The summed E-state index contributed by atoms with van der Waals surface area (Å²) in [5.74, 6) is 1.42. The van der Waals surface area contributed by atoms with E-state index in [4.69, 9.17) is 16.3 Å². The van der Waals surface area contributed by atoms with Crippen LogP contribution < -0.4 is 0 Å². The molecule has 2 rings (SSSR count). The topological polar surface area (TPSA) is 9.23 Å². The Morgan fingerprint density at radius 3 is 2.80 bits per heavy atom. The molecular weight excluding hydrogens is 268 g/mol. The van der Waals surface area contributed by atoms with Crippen LogP contribution in [0.1, 0.15) is 50.7 Å². The SMILES string of the molecule is CC(C)CCOCCC1(CCl)CCCc2ccccc21. The van der Waals surface area contributed by atoms with Gasteiger partial charge in [-0.15, -0.1) is 11.6 Å². The first-order valence-corrected chi connectivity index (χ1v) is 8.43. The Labute approximate surface area is 128 Å². The van der Waals surface area contributed by atoms with Gasteiger partial charge in [0.2, 0.25) is 0 Å². The van der Waals surface area contributed by atoms with Crippen LogP contribution in [0.25, 0.3) is 0 Å². The smallest absolute Gasteiger partial charge is 0.0474 e. The minimum absolute atomic E-state index is 0.133. The van der Waals surface area contributed by atoms with Gasteiger partial charge in [0.15, 0.2) is 0 Å². The summed E-state index contributed by atoms with van der Waals surface area (Å²) < 4.78 is 5.83. The van der Waals surface area contributed by atoms with Crippen LogP contribution in [0.15, 0.2) is 24.3 Å². The fourth-order valence-electron chi connectivity index (χ4n) is 3.16. The summed E-state index contributed by atoms with van der Waals surface area (Å²) in [7, 11) is 0. The van der Waals surface area contributed by atoms with Gasteiger partial charge in [-0.2, -0.15) is 0 Å². The van der Waals surface area contributed by atoms with E-state index in [2.05, 4.69) is 38.1 Å². The highest BCUT2D eigenvalue weighted by Gasteiger charge is 2.35. The van der Waals surface area contributed by atoms with Crippen molar-refractivity contribution in [3.63, 3.8) is 0 Å². The molecular formula is C18H27ClO. The third kappa shape index (κ3) is 3.77. The van der Waals surface area contributed by atoms with Gasteiger partial charge in [-0.3, -0.25) is 0 Å². The van der Waals surface area contributed by atoms with E-state index >= 15 is 0 Å². The molecule has 112 valence electrons. The Kier molecular flexibility index (Phi) is 5.92. The van der Waals surface area contributed by atoms with Crippen LogP contribution in [0, 0.1) is 5.92 Å². The first-order chi connectivity index (χ1) is 9.68. The predicted molar refractivity (Wildman–Crippen MR) is 86.7 cm³/mol. The van der Waals surface area contributed by atoms with Crippen molar-refractivity contribution in [2.75, 3.05) is 19.1 Å². The van der Waals surface area contributed by atoms with Gasteiger partial charge in [-0.25, -0.2) is 0 Å². The molecule has 2 heteroatoms. The van der Waals surface area contributed by atoms with Gasteiger partial charge >= 0.3 is 0 Å². The van der Waals surface area contributed by atoms with Crippen LogP contribution in [0.4, 0.5) is 0 Å². The number of hydrogen-bond acceptors (Lipinski definition) is 1. The van der Waals surface area contributed by atoms with Gasteiger partial charge in [-0.05, 0) is 49.1 Å². The van der Waals surface area contributed by atoms with Crippen LogP contribution in [-0.2, 0) is 16.6 Å². The number of benzene rings is 1. The fraction of sp³-hybridized carbons (Fsp3) is 0.667. The summed E-state index contributed by atoms with van der Waals surface area (Å²) in [4.78, 5) is 0. The lowest BCUT2D eigenvalue weighted by Crippen LogP contribution is -2.34. The van der Waals surface area contributed by atoms with Crippen molar-refractivity contribution >= 4 is 11.6 Å². The van der Waals surface area contributed by atoms with Crippen LogP contribution in [0.2, 0.25) is 0 Å². The Morgan fingerprint density at radius 2 is 2.05 bits per heavy atom. The summed E-state index contributed by atoms with van der Waals surface area (Å²) in [6.07, 6.45) is 5.83. The molecule has 0 aromatic heterocycles. The molecule has 0 spiro atoms. The molecule has 1 aliphatic rings. The van der Waals surface area contributed by atoms with E-state index in [9.17, 15) is 0 Å². The maximum absolute atomic E-state index is 6.37. The Bertz CT molecular complexity index is 416. The van der Waals surface area contributed by atoms with Crippen molar-refractivity contribution in [1.82, 2.24) is 0 Å². The molecule has 0 radical (unpaired) electrons. The number of alkyl halides is 1. The lowest BCUT2D eigenvalue weighted by molar-refractivity contribution is 0.104. The standard InChI is InChI=1S/C18H27ClO/c1-15(2)9-12-20-13-11-18(14-19)10-5-7-16-6-3-4-8-17(16)18/h3-4,6,8,15H,5,7,9-14H2,1-2H3. The summed E-state index contributed by atoms with van der Waals surface area (Å²) in [5.41, 5.74) is 3.09. The second-order valence-corrected chi connectivity index (χ2v) is 6.74. The van der Waals surface area contributed by atoms with Gasteiger partial charge in [0.1, 0.15) is 0 Å². The highest BCUT2D eigenvalue weighted by Crippen LogP contribution is 2.40. The Hall–Kier alpha value is -0.530. The van der Waals surface area contributed by atoms with Gasteiger partial charge in [-0.1, -0.05) is 38.1 Å². The molecule has 0 heterocycles. The molecule has 0 amide bonds. The number of fused-ring (bicyclic) bond motifs is 1. The zero-order chi connectivity index (χ0) is 14.4. The van der Waals surface area contributed by atoms with Crippen LogP contribution >= 0.6 is 11.6 Å². The number of halogens is 1. The van der Waals surface area contributed by atoms with E-state index in [1.807, 2.05) is 0 Å². The maximum Gasteiger partial charge on any atom is 0.0474 e. The van der Waals surface area contributed by atoms with Gasteiger partial charge < -0.3 is 4.74 Å². The second kappa shape index (κ2) is 7.47. The lowest BCUT2D eigenvalue weighted by atomic mass is 9.69. The van der Waals surface area contributed by atoms with Crippen molar-refractivity contribution in [3.8, 4) is 0 Å². The van der Waals surface area contributed by atoms with Crippen LogP contribution in [-0.4, -0.2) is 19.1 Å². The molecule has 1 aromatic rings. The minimum atomic E-state index is 0.133. The van der Waals surface area contributed by atoms with E-state index in [-0.39, 0.29) is 5.41 Å². The van der Waals surface area contributed by atoms with E-state index < -0.39 is 0 Å². The monoisotopic (exact) mass is 294 g/mol. The quantitative estimate of drug-likeness (QED) is 0.510. The average molecular weight is 295 g/mol. The van der Waals surface area contributed by atoms with Crippen LogP contribution in [0.3, 0.4) is 0 Å². The summed E-state index contributed by atoms with van der Waals surface area (Å²) in [5, 5.41) is 0. The number of hydrogen-bond donors (Lipinski definition) is 0. The van der Waals surface area contributed by atoms with Gasteiger partial charge in [0.05, 0.1) is 0 Å². The fourth-order valence-corrected chi connectivity index (χ4v) is 3.57. The van der Waals surface area contributed by atoms with Crippen molar-refractivity contribution in [2.24, 2.45) is 5.92 Å². The van der Waals surface area contributed by atoms with Crippen molar-refractivity contribution < 1.29 is 4.74 Å². The Morgan fingerprint density at radius 1 is 1.25 bits per heavy atom. The minimum Gasteiger partial charge on any atom is -0.381 e. The molecule has 1 atom stereocenters. The van der Waals surface area contributed by atoms with Crippen molar-refractivity contribution in [2.45, 2.75) is 51.4 Å². The predicted octanol–water partition coefficient (Wildman–Crippen LogP) is 4.95. The summed E-state index contributed by atoms with van der Waals surface area (Å²) in [6.45, 7) is 6.17. The molecule has 0 aliphatic heterocycles. The molecule has 1 aromatic carbocycles. The lowest BCUT2D eigenvalue weighted by Gasteiger charge is -2.38. The number of ether oxygens (including phenoxy) is 1. The van der Waals surface area contributed by atoms with E-state index in [0.717, 1.165) is 26.1 Å². The second-order valence-electron chi connectivity index (χ2n) is 6.47. The van der Waals surface area contributed by atoms with E-state index in [1.54, 1.807) is 0 Å². The van der Waals surface area contributed by atoms with Crippen LogP contribution in [0.5, 0.6) is 0 Å². The molecule has 0 N–H and O–H groups in total. The third-order valence-electron chi connectivity index (χ3n) is 4.51. The average Bonchev–Trinajstić information content (AvgIpc) is 2.46. The maximum atomic E-state index is 6.37. The van der Waals surface area contributed by atoms with Gasteiger partial charge in [0, 0.05) is 24.5 Å². The first-order valence-electron chi connectivity index (χ1n) is 7.90. The molecule has 1 nitrogen and oxygen atoms in total. The first kappa shape index (κ1) is 15.9. The largest absolute Gasteiger partial charge is 0.381 e. The normalized spacial score (nSPS) is 22.0. The Balaban J connectivity index is 1.97. The third-order valence-corrected chi connectivity index (χ3v) is 5.02. The molecule has 0 fully saturated rings. The molecule has 20 heavy (non-hydrogen) atoms. The molecule has 0 bridgehead atoms. The highest BCUT2D eigenvalue weighted by molar-refractivity contribution is 6.18.